The zero-order valence-corrected chi connectivity index (χ0v) is 7.67. The van der Waals surface area contributed by atoms with Crippen molar-refractivity contribution >= 4 is 18.2 Å². The van der Waals surface area contributed by atoms with Crippen molar-refractivity contribution in [2.75, 3.05) is 0 Å². The van der Waals surface area contributed by atoms with Crippen LogP contribution < -0.4 is 5.32 Å². The fourth-order valence-corrected chi connectivity index (χ4v) is 1.02. The molecule has 80 valence electrons. The Morgan fingerprint density at radius 3 is 2.80 bits per heavy atom. The highest BCUT2D eigenvalue weighted by Crippen LogP contribution is 2.06. The zero-order chi connectivity index (χ0) is 11.3. The number of Topliss-reactive ketones (excluding diaryl/α,β-unsaturated/α-hetero) is 1. The number of rotatable bonds is 6. The summed E-state index contributed by atoms with van der Waals surface area (Å²) in [6.07, 6.45) is 1.23. The first kappa shape index (κ1) is 11.0. The van der Waals surface area contributed by atoms with Crippen LogP contribution in [0, 0.1) is 0 Å². The Labute approximate surface area is 84.9 Å². The van der Waals surface area contributed by atoms with Gasteiger partial charge < -0.3 is 14.8 Å². The molecular formula is C9H9NO5. The maximum absolute atomic E-state index is 11.4. The van der Waals surface area contributed by atoms with Crippen LogP contribution >= 0.6 is 0 Å². The fraction of sp³-hybridized carbons (Fsp3) is 0.222. The standard InChI is InChI=1S/C9H9NO5/c11-5-10-6(9(13)14)4-7(12)8-2-1-3-15-8/h1-3,5-6H,4H2,(H,10,11)(H,13,14). The molecule has 0 saturated heterocycles. The lowest BCUT2D eigenvalue weighted by molar-refractivity contribution is -0.140. The van der Waals surface area contributed by atoms with Gasteiger partial charge in [0.25, 0.3) is 0 Å². The van der Waals surface area contributed by atoms with Gasteiger partial charge in [-0.2, -0.15) is 0 Å². The molecule has 0 bridgehead atoms. The molecule has 0 radical (unpaired) electrons. The van der Waals surface area contributed by atoms with Crippen LogP contribution in [0.2, 0.25) is 0 Å². The van der Waals surface area contributed by atoms with Gasteiger partial charge in [0.15, 0.2) is 5.76 Å². The molecule has 1 aromatic heterocycles. The van der Waals surface area contributed by atoms with Gasteiger partial charge in [0, 0.05) is 6.42 Å². The molecule has 6 nitrogen and oxygen atoms in total. The summed E-state index contributed by atoms with van der Waals surface area (Å²) >= 11 is 0. The Balaban J connectivity index is 2.62. The molecule has 2 N–H and O–H groups in total. The number of hydrogen-bond donors (Lipinski definition) is 2. The second-order valence-electron chi connectivity index (χ2n) is 2.78. The molecule has 0 aliphatic heterocycles. The van der Waals surface area contributed by atoms with Gasteiger partial charge in [0.1, 0.15) is 6.04 Å². The number of furan rings is 1. The van der Waals surface area contributed by atoms with Crippen molar-refractivity contribution in [1.82, 2.24) is 5.32 Å². The number of carboxylic acid groups (broad SMARTS) is 1. The molecule has 0 saturated carbocycles. The Bertz CT molecular complexity index is 357. The van der Waals surface area contributed by atoms with E-state index in [-0.39, 0.29) is 18.6 Å². The van der Waals surface area contributed by atoms with Gasteiger partial charge in [0.2, 0.25) is 12.2 Å². The first-order chi connectivity index (χ1) is 7.15. The van der Waals surface area contributed by atoms with Crippen molar-refractivity contribution in [3.8, 4) is 0 Å². The number of amides is 1. The molecule has 1 unspecified atom stereocenters. The summed E-state index contributed by atoms with van der Waals surface area (Å²) in [7, 11) is 0. The average Bonchev–Trinajstić information content (AvgIpc) is 2.69. The number of aliphatic carboxylic acids is 1. The minimum atomic E-state index is -1.26. The summed E-state index contributed by atoms with van der Waals surface area (Å²) in [6, 6.07) is 1.73. The Morgan fingerprint density at radius 2 is 2.33 bits per heavy atom. The smallest absolute Gasteiger partial charge is 0.326 e. The lowest BCUT2D eigenvalue weighted by Gasteiger charge is -2.08. The van der Waals surface area contributed by atoms with Crippen molar-refractivity contribution in [1.29, 1.82) is 0 Å². The molecule has 0 aromatic carbocycles. The Morgan fingerprint density at radius 1 is 1.60 bits per heavy atom. The maximum Gasteiger partial charge on any atom is 0.326 e. The van der Waals surface area contributed by atoms with E-state index >= 15 is 0 Å². The van der Waals surface area contributed by atoms with Crippen LogP contribution in [0.15, 0.2) is 22.8 Å². The van der Waals surface area contributed by atoms with Crippen LogP contribution in [0.1, 0.15) is 17.0 Å². The Kier molecular flexibility index (Phi) is 3.61. The second kappa shape index (κ2) is 4.94. The third-order valence-electron chi connectivity index (χ3n) is 1.75. The second-order valence-corrected chi connectivity index (χ2v) is 2.78. The molecule has 0 spiro atoms. The van der Waals surface area contributed by atoms with Crippen LogP contribution in [0.25, 0.3) is 0 Å². The van der Waals surface area contributed by atoms with Gasteiger partial charge in [0.05, 0.1) is 6.26 Å². The van der Waals surface area contributed by atoms with Gasteiger partial charge in [-0.05, 0) is 12.1 Å². The van der Waals surface area contributed by atoms with Crippen LogP contribution in [-0.2, 0) is 9.59 Å². The zero-order valence-electron chi connectivity index (χ0n) is 7.67. The molecule has 6 heteroatoms. The SMILES string of the molecule is O=CNC(CC(=O)c1ccco1)C(=O)O. The van der Waals surface area contributed by atoms with Gasteiger partial charge in [-0.25, -0.2) is 4.79 Å². The van der Waals surface area contributed by atoms with Crippen molar-refractivity contribution in [3.05, 3.63) is 24.2 Å². The molecular weight excluding hydrogens is 202 g/mol. The largest absolute Gasteiger partial charge is 0.480 e. The maximum atomic E-state index is 11.4. The topological polar surface area (TPSA) is 96.6 Å². The molecule has 0 aliphatic rings. The molecule has 1 aromatic rings. The van der Waals surface area contributed by atoms with Crippen LogP contribution in [-0.4, -0.2) is 29.3 Å². The van der Waals surface area contributed by atoms with Crippen molar-refractivity contribution < 1.29 is 23.9 Å². The highest BCUT2D eigenvalue weighted by atomic mass is 16.4. The molecule has 1 amide bonds. The quantitative estimate of drug-likeness (QED) is 0.512. The summed E-state index contributed by atoms with van der Waals surface area (Å²) < 4.78 is 4.80. The molecule has 1 rings (SSSR count). The summed E-state index contributed by atoms with van der Waals surface area (Å²) in [5.41, 5.74) is 0. The molecule has 1 atom stereocenters. The third kappa shape index (κ3) is 2.94. The monoisotopic (exact) mass is 211 g/mol. The highest BCUT2D eigenvalue weighted by Gasteiger charge is 2.22. The van der Waals surface area contributed by atoms with Crippen molar-refractivity contribution in [3.63, 3.8) is 0 Å². The van der Waals surface area contributed by atoms with Crippen LogP contribution in [0.5, 0.6) is 0 Å². The Hall–Kier alpha value is -2.11. The van der Waals surface area contributed by atoms with Gasteiger partial charge in [-0.3, -0.25) is 9.59 Å². The van der Waals surface area contributed by atoms with E-state index in [1.807, 2.05) is 5.32 Å². The predicted octanol–water partition coefficient (Wildman–Crippen LogP) is 0.0516. The first-order valence-corrected chi connectivity index (χ1v) is 4.14. The number of nitrogens with one attached hydrogen (secondary N) is 1. The summed E-state index contributed by atoms with van der Waals surface area (Å²) in [6.45, 7) is 0. The van der Waals surface area contributed by atoms with Gasteiger partial charge in [-0.15, -0.1) is 0 Å². The third-order valence-corrected chi connectivity index (χ3v) is 1.75. The highest BCUT2D eigenvalue weighted by molar-refractivity contribution is 5.96. The number of carboxylic acids is 1. The van der Waals surface area contributed by atoms with E-state index < -0.39 is 17.8 Å². The van der Waals surface area contributed by atoms with Crippen molar-refractivity contribution in [2.45, 2.75) is 12.5 Å². The molecule has 1 heterocycles. The van der Waals surface area contributed by atoms with Gasteiger partial charge >= 0.3 is 5.97 Å². The van der Waals surface area contributed by atoms with Crippen LogP contribution in [0.3, 0.4) is 0 Å². The van der Waals surface area contributed by atoms with Crippen LogP contribution in [0.4, 0.5) is 0 Å². The summed E-state index contributed by atoms with van der Waals surface area (Å²) in [5, 5.41) is 10.7. The minimum Gasteiger partial charge on any atom is -0.480 e. The number of carbonyl (C=O) groups is 3. The van der Waals surface area contributed by atoms with E-state index in [0.717, 1.165) is 0 Å². The lowest BCUT2D eigenvalue weighted by atomic mass is 10.1. The van der Waals surface area contributed by atoms with Gasteiger partial charge in [-0.1, -0.05) is 0 Å². The number of ketones is 1. The van der Waals surface area contributed by atoms with E-state index in [1.54, 1.807) is 0 Å². The number of hydrogen-bond acceptors (Lipinski definition) is 4. The van der Waals surface area contributed by atoms with Crippen molar-refractivity contribution in [2.24, 2.45) is 0 Å². The lowest BCUT2D eigenvalue weighted by Crippen LogP contribution is -2.37. The number of carbonyl (C=O) groups excluding carboxylic acids is 2. The van der Waals surface area contributed by atoms with E-state index in [9.17, 15) is 14.4 Å². The molecule has 0 aliphatic carbocycles. The van der Waals surface area contributed by atoms with E-state index in [4.69, 9.17) is 9.52 Å². The van der Waals surface area contributed by atoms with E-state index in [0.29, 0.717) is 0 Å². The first-order valence-electron chi connectivity index (χ1n) is 4.14. The molecule has 15 heavy (non-hydrogen) atoms. The normalized spacial score (nSPS) is 11.7. The van der Waals surface area contributed by atoms with E-state index in [1.165, 1.54) is 18.4 Å². The summed E-state index contributed by atoms with van der Waals surface area (Å²) in [4.78, 5) is 32.1. The summed E-state index contributed by atoms with van der Waals surface area (Å²) in [5.74, 6) is -1.65. The van der Waals surface area contributed by atoms with E-state index in [2.05, 4.69) is 0 Å². The fourth-order valence-electron chi connectivity index (χ4n) is 1.02. The minimum absolute atomic E-state index is 0.0777. The molecule has 0 fully saturated rings. The predicted molar refractivity (Wildman–Crippen MR) is 48.3 cm³/mol. The average molecular weight is 211 g/mol.